The molecule has 0 rings (SSSR count). The molecular formula is C62H116O6. The third-order valence-corrected chi connectivity index (χ3v) is 13.7. The maximum atomic E-state index is 12.9. The molecule has 68 heavy (non-hydrogen) atoms. The van der Waals surface area contributed by atoms with Crippen molar-refractivity contribution in [1.82, 2.24) is 0 Å². The minimum absolute atomic E-state index is 0.0696. The van der Waals surface area contributed by atoms with Gasteiger partial charge in [0.15, 0.2) is 6.10 Å². The molecule has 6 heteroatoms. The molecule has 0 radical (unpaired) electrons. The predicted octanol–water partition coefficient (Wildman–Crippen LogP) is 20.3. The van der Waals surface area contributed by atoms with Crippen molar-refractivity contribution in [2.75, 3.05) is 13.2 Å². The van der Waals surface area contributed by atoms with Crippen LogP contribution in [0.4, 0.5) is 0 Å². The molecule has 0 unspecified atom stereocenters. The van der Waals surface area contributed by atoms with E-state index in [4.69, 9.17) is 14.2 Å². The standard InChI is InChI=1S/C62H116O6/c1-4-7-10-13-16-19-22-25-28-30-32-34-37-40-43-46-49-52-55-61(64)67-58-59(57-66-60(63)54-51-48-45-42-39-36-33-27-24-21-18-15-12-9-6-3)68-62(65)56-53-50-47-44-41-38-35-31-29-26-23-20-17-14-11-8-5-2/h21,24,26,29,59H,4-20,22-23,25,27-28,30-58H2,1-3H3/b24-21+,29-26+/t59-/m1/s1. The number of carbonyl (C=O) groups excluding carboxylic acids is 3. The summed E-state index contributed by atoms with van der Waals surface area (Å²) in [5, 5.41) is 0. The molecule has 1 atom stereocenters. The number of ether oxygens (including phenoxy) is 3. The highest BCUT2D eigenvalue weighted by Crippen LogP contribution is 2.17. The molecule has 0 saturated heterocycles. The van der Waals surface area contributed by atoms with Gasteiger partial charge in [-0.05, 0) is 70.6 Å². The van der Waals surface area contributed by atoms with E-state index in [1.54, 1.807) is 0 Å². The molecule has 0 spiro atoms. The number of hydrogen-bond acceptors (Lipinski definition) is 6. The number of rotatable bonds is 56. The smallest absolute Gasteiger partial charge is 0.306 e. The summed E-state index contributed by atoms with van der Waals surface area (Å²) in [6.45, 7) is 6.67. The van der Waals surface area contributed by atoms with Crippen molar-refractivity contribution in [1.29, 1.82) is 0 Å². The Morgan fingerprint density at radius 3 is 0.750 bits per heavy atom. The van der Waals surface area contributed by atoms with Crippen molar-refractivity contribution in [2.45, 2.75) is 341 Å². The first-order valence-electron chi connectivity index (χ1n) is 30.3. The van der Waals surface area contributed by atoms with Gasteiger partial charge in [0, 0.05) is 19.3 Å². The Morgan fingerprint density at radius 1 is 0.279 bits per heavy atom. The average molecular weight is 958 g/mol. The molecule has 0 aromatic rings. The van der Waals surface area contributed by atoms with Crippen LogP contribution in [0.15, 0.2) is 24.3 Å². The number of allylic oxidation sites excluding steroid dienone is 4. The largest absolute Gasteiger partial charge is 0.462 e. The van der Waals surface area contributed by atoms with Gasteiger partial charge >= 0.3 is 17.9 Å². The average Bonchev–Trinajstić information content (AvgIpc) is 3.34. The first-order valence-corrected chi connectivity index (χ1v) is 30.3. The fourth-order valence-corrected chi connectivity index (χ4v) is 9.08. The third kappa shape index (κ3) is 54.8. The predicted molar refractivity (Wildman–Crippen MR) is 293 cm³/mol. The Kier molecular flexibility index (Phi) is 55.7. The van der Waals surface area contributed by atoms with E-state index in [9.17, 15) is 14.4 Å². The van der Waals surface area contributed by atoms with Gasteiger partial charge in [0.1, 0.15) is 13.2 Å². The van der Waals surface area contributed by atoms with Crippen molar-refractivity contribution < 1.29 is 28.6 Å². The van der Waals surface area contributed by atoms with Gasteiger partial charge in [0.25, 0.3) is 0 Å². The maximum absolute atomic E-state index is 12.9. The monoisotopic (exact) mass is 957 g/mol. The zero-order chi connectivity index (χ0) is 49.3. The maximum Gasteiger partial charge on any atom is 0.306 e. The van der Waals surface area contributed by atoms with Gasteiger partial charge in [-0.3, -0.25) is 14.4 Å². The van der Waals surface area contributed by atoms with E-state index in [2.05, 4.69) is 45.1 Å². The van der Waals surface area contributed by atoms with Crippen LogP contribution >= 0.6 is 0 Å². The Labute approximate surface area is 423 Å². The molecule has 0 aliphatic rings. The minimum atomic E-state index is -0.772. The van der Waals surface area contributed by atoms with E-state index in [1.807, 2.05) is 0 Å². The molecule has 6 nitrogen and oxygen atoms in total. The van der Waals surface area contributed by atoms with Crippen molar-refractivity contribution in [2.24, 2.45) is 0 Å². The molecule has 0 heterocycles. The summed E-state index contributed by atoms with van der Waals surface area (Å²) in [5.74, 6) is -0.856. The van der Waals surface area contributed by atoms with Gasteiger partial charge in [-0.1, -0.05) is 270 Å². The van der Waals surface area contributed by atoms with E-state index in [0.717, 1.165) is 57.8 Å². The fourth-order valence-electron chi connectivity index (χ4n) is 9.08. The molecule has 0 fully saturated rings. The zero-order valence-electron chi connectivity index (χ0n) is 45.9. The second-order valence-corrected chi connectivity index (χ2v) is 20.6. The lowest BCUT2D eigenvalue weighted by atomic mass is 10.0. The number of esters is 3. The number of unbranched alkanes of at least 4 members (excludes halogenated alkanes) is 41. The van der Waals surface area contributed by atoms with Gasteiger partial charge in [-0.2, -0.15) is 0 Å². The summed E-state index contributed by atoms with van der Waals surface area (Å²) in [4.78, 5) is 38.2. The van der Waals surface area contributed by atoms with Crippen LogP contribution in [0, 0.1) is 0 Å². The minimum Gasteiger partial charge on any atom is -0.462 e. The quantitative estimate of drug-likeness (QED) is 0.0262. The van der Waals surface area contributed by atoms with Crippen molar-refractivity contribution in [3.05, 3.63) is 24.3 Å². The molecule has 0 aliphatic carbocycles. The van der Waals surface area contributed by atoms with Crippen LogP contribution in [0.5, 0.6) is 0 Å². The highest BCUT2D eigenvalue weighted by molar-refractivity contribution is 5.71. The van der Waals surface area contributed by atoms with E-state index in [0.29, 0.717) is 19.3 Å². The summed E-state index contributed by atoms with van der Waals surface area (Å²) >= 11 is 0. The topological polar surface area (TPSA) is 78.9 Å². The molecule has 0 amide bonds. The van der Waals surface area contributed by atoms with Crippen molar-refractivity contribution in [3.63, 3.8) is 0 Å². The van der Waals surface area contributed by atoms with E-state index < -0.39 is 6.10 Å². The van der Waals surface area contributed by atoms with E-state index in [1.165, 1.54) is 238 Å². The lowest BCUT2D eigenvalue weighted by molar-refractivity contribution is -0.167. The second-order valence-electron chi connectivity index (χ2n) is 20.6. The van der Waals surface area contributed by atoms with Crippen molar-refractivity contribution in [3.8, 4) is 0 Å². The Hall–Kier alpha value is -2.11. The summed E-state index contributed by atoms with van der Waals surface area (Å²) in [5.41, 5.74) is 0. The Bertz CT molecular complexity index is 1100. The highest BCUT2D eigenvalue weighted by atomic mass is 16.6. The summed E-state index contributed by atoms with van der Waals surface area (Å²) in [6, 6.07) is 0. The van der Waals surface area contributed by atoms with Crippen LogP contribution in [0.2, 0.25) is 0 Å². The van der Waals surface area contributed by atoms with Crippen LogP contribution in [0.1, 0.15) is 335 Å². The number of carbonyl (C=O) groups is 3. The summed E-state index contributed by atoms with van der Waals surface area (Å²) < 4.78 is 16.9. The van der Waals surface area contributed by atoms with Crippen LogP contribution in [-0.2, 0) is 28.6 Å². The van der Waals surface area contributed by atoms with Crippen LogP contribution in [0.25, 0.3) is 0 Å². The normalized spacial score (nSPS) is 12.1. The molecule has 0 aromatic heterocycles. The van der Waals surface area contributed by atoms with E-state index in [-0.39, 0.29) is 31.1 Å². The SMILES string of the molecule is CCCCCC/C=C/CCCCCCCCCC(=O)OC[C@H](COC(=O)CCCCCCCCCCCCCCCCCCCC)OC(=O)CCCCCCCCC/C=C/CCCCCCCC. The van der Waals surface area contributed by atoms with Crippen LogP contribution in [0.3, 0.4) is 0 Å². The van der Waals surface area contributed by atoms with Gasteiger partial charge in [-0.25, -0.2) is 0 Å². The first kappa shape index (κ1) is 65.9. The lowest BCUT2D eigenvalue weighted by Crippen LogP contribution is -2.30. The second kappa shape index (κ2) is 57.5. The lowest BCUT2D eigenvalue weighted by Gasteiger charge is -2.18. The fraction of sp³-hybridized carbons (Fsp3) is 0.887. The van der Waals surface area contributed by atoms with Gasteiger partial charge in [-0.15, -0.1) is 0 Å². The van der Waals surface area contributed by atoms with Crippen molar-refractivity contribution >= 4 is 17.9 Å². The molecule has 400 valence electrons. The molecule has 0 aliphatic heterocycles. The molecule has 0 aromatic carbocycles. The third-order valence-electron chi connectivity index (χ3n) is 13.7. The van der Waals surface area contributed by atoms with Gasteiger partial charge in [0.05, 0.1) is 0 Å². The van der Waals surface area contributed by atoms with Gasteiger partial charge < -0.3 is 14.2 Å². The van der Waals surface area contributed by atoms with Gasteiger partial charge in [0.2, 0.25) is 0 Å². The first-order chi connectivity index (χ1) is 33.5. The molecule has 0 bridgehead atoms. The number of hydrogen-bond donors (Lipinski definition) is 0. The van der Waals surface area contributed by atoms with E-state index >= 15 is 0 Å². The molecule has 0 saturated carbocycles. The zero-order valence-corrected chi connectivity index (χ0v) is 45.9. The molecular weight excluding hydrogens is 841 g/mol. The Balaban J connectivity index is 4.33. The molecule has 0 N–H and O–H groups in total. The van der Waals surface area contributed by atoms with Crippen LogP contribution < -0.4 is 0 Å². The highest BCUT2D eigenvalue weighted by Gasteiger charge is 2.19. The Morgan fingerprint density at radius 2 is 0.485 bits per heavy atom. The van der Waals surface area contributed by atoms with Crippen LogP contribution in [-0.4, -0.2) is 37.2 Å². The summed E-state index contributed by atoms with van der Waals surface area (Å²) in [7, 11) is 0. The summed E-state index contributed by atoms with van der Waals surface area (Å²) in [6.07, 6.45) is 67.4.